The number of aromatic nitrogens is 1. The van der Waals surface area contributed by atoms with Crippen LogP contribution in [0.1, 0.15) is 36.3 Å². The van der Waals surface area contributed by atoms with Crippen LogP contribution in [0.2, 0.25) is 0 Å². The molecule has 1 atom stereocenters. The van der Waals surface area contributed by atoms with E-state index in [1.165, 1.54) is 18.3 Å². The van der Waals surface area contributed by atoms with Gasteiger partial charge in [-0.3, -0.25) is 9.78 Å². The second kappa shape index (κ2) is 7.48. The molecule has 0 saturated carbocycles. The second-order valence-corrected chi connectivity index (χ2v) is 4.28. The summed E-state index contributed by atoms with van der Waals surface area (Å²) >= 11 is 0. The Morgan fingerprint density at radius 3 is 2.84 bits per heavy atom. The van der Waals surface area contributed by atoms with Gasteiger partial charge >= 0.3 is 5.97 Å². The Hall–Kier alpha value is -1.95. The monoisotopic (exact) mass is 265 g/mol. The zero-order valence-corrected chi connectivity index (χ0v) is 11.1. The highest BCUT2D eigenvalue weighted by Gasteiger charge is 2.09. The number of nitrogens with zero attached hydrogens (tertiary/aromatic N) is 1. The molecule has 3 N–H and O–H groups in total. The highest BCUT2D eigenvalue weighted by atomic mass is 16.4. The SMILES string of the molecule is CCNC(C)CC(=O)NCc1cc(C(=O)O)ccn1. The average molecular weight is 265 g/mol. The number of hydrogen-bond acceptors (Lipinski definition) is 4. The van der Waals surface area contributed by atoms with E-state index >= 15 is 0 Å². The van der Waals surface area contributed by atoms with Gasteiger partial charge in [0.25, 0.3) is 0 Å². The molecule has 104 valence electrons. The molecule has 0 radical (unpaired) electrons. The Kier molecular flexibility index (Phi) is 5.95. The van der Waals surface area contributed by atoms with Gasteiger partial charge in [0, 0.05) is 18.7 Å². The summed E-state index contributed by atoms with van der Waals surface area (Å²) in [4.78, 5) is 26.4. The van der Waals surface area contributed by atoms with Gasteiger partial charge < -0.3 is 15.7 Å². The Balaban J connectivity index is 2.46. The van der Waals surface area contributed by atoms with E-state index in [0.717, 1.165) is 6.54 Å². The Morgan fingerprint density at radius 2 is 2.21 bits per heavy atom. The number of nitrogens with one attached hydrogen (secondary N) is 2. The minimum absolute atomic E-state index is 0.0871. The first kappa shape index (κ1) is 15.1. The van der Waals surface area contributed by atoms with Crippen molar-refractivity contribution in [2.75, 3.05) is 6.54 Å². The lowest BCUT2D eigenvalue weighted by atomic mass is 10.2. The summed E-state index contributed by atoms with van der Waals surface area (Å²) < 4.78 is 0. The first-order chi connectivity index (χ1) is 9.02. The molecule has 6 heteroatoms. The van der Waals surface area contributed by atoms with E-state index in [4.69, 9.17) is 5.11 Å². The molecule has 0 saturated heterocycles. The fraction of sp³-hybridized carbons (Fsp3) is 0.462. The first-order valence-corrected chi connectivity index (χ1v) is 6.21. The molecule has 1 aromatic rings. The highest BCUT2D eigenvalue weighted by molar-refractivity contribution is 5.87. The van der Waals surface area contributed by atoms with Crippen LogP contribution in [0.5, 0.6) is 0 Å². The summed E-state index contributed by atoms with van der Waals surface area (Å²) in [6.07, 6.45) is 1.80. The van der Waals surface area contributed by atoms with E-state index in [1.54, 1.807) is 0 Å². The van der Waals surface area contributed by atoms with E-state index in [-0.39, 0.29) is 24.1 Å². The zero-order chi connectivity index (χ0) is 14.3. The van der Waals surface area contributed by atoms with Gasteiger partial charge in [0.15, 0.2) is 0 Å². The largest absolute Gasteiger partial charge is 0.478 e. The summed E-state index contributed by atoms with van der Waals surface area (Å²) in [5.74, 6) is -1.09. The average Bonchev–Trinajstić information content (AvgIpc) is 2.37. The van der Waals surface area contributed by atoms with Crippen molar-refractivity contribution in [1.82, 2.24) is 15.6 Å². The van der Waals surface area contributed by atoms with Crippen LogP contribution in [0.25, 0.3) is 0 Å². The second-order valence-electron chi connectivity index (χ2n) is 4.28. The third-order valence-electron chi connectivity index (χ3n) is 2.57. The number of carboxylic acid groups (broad SMARTS) is 1. The van der Waals surface area contributed by atoms with Crippen LogP contribution in [0.3, 0.4) is 0 Å². The Bertz CT molecular complexity index is 449. The molecule has 1 aromatic heterocycles. The van der Waals surface area contributed by atoms with Crippen molar-refractivity contribution in [3.05, 3.63) is 29.6 Å². The predicted octanol–water partition coefficient (Wildman–Crippen LogP) is 0.784. The van der Waals surface area contributed by atoms with Crippen molar-refractivity contribution < 1.29 is 14.7 Å². The van der Waals surface area contributed by atoms with Gasteiger partial charge in [0.2, 0.25) is 5.91 Å². The molecule has 0 bridgehead atoms. The third-order valence-corrected chi connectivity index (χ3v) is 2.57. The summed E-state index contributed by atoms with van der Waals surface area (Å²) in [5, 5.41) is 14.7. The maximum Gasteiger partial charge on any atom is 0.335 e. The minimum Gasteiger partial charge on any atom is -0.478 e. The van der Waals surface area contributed by atoms with Crippen LogP contribution in [0.15, 0.2) is 18.3 Å². The van der Waals surface area contributed by atoms with Gasteiger partial charge in [-0.1, -0.05) is 6.92 Å². The van der Waals surface area contributed by atoms with Crippen molar-refractivity contribution in [2.45, 2.75) is 32.9 Å². The topological polar surface area (TPSA) is 91.3 Å². The number of carbonyl (C=O) groups is 2. The number of carboxylic acids is 1. The van der Waals surface area contributed by atoms with Crippen molar-refractivity contribution in [3.8, 4) is 0 Å². The fourth-order valence-electron chi connectivity index (χ4n) is 1.67. The molecule has 1 unspecified atom stereocenters. The van der Waals surface area contributed by atoms with E-state index in [2.05, 4.69) is 15.6 Å². The van der Waals surface area contributed by atoms with Gasteiger partial charge in [0.05, 0.1) is 17.8 Å². The number of amides is 1. The number of hydrogen-bond donors (Lipinski definition) is 3. The lowest BCUT2D eigenvalue weighted by Gasteiger charge is -2.12. The summed E-state index contributed by atoms with van der Waals surface area (Å²) in [6.45, 7) is 4.97. The van der Waals surface area contributed by atoms with Gasteiger partial charge in [-0.15, -0.1) is 0 Å². The third kappa shape index (κ3) is 5.48. The molecular formula is C13H19N3O3. The van der Waals surface area contributed by atoms with Crippen LogP contribution in [-0.4, -0.2) is 34.6 Å². The Morgan fingerprint density at radius 1 is 1.47 bits per heavy atom. The normalized spacial score (nSPS) is 11.9. The molecule has 0 aromatic carbocycles. The first-order valence-electron chi connectivity index (χ1n) is 6.21. The lowest BCUT2D eigenvalue weighted by molar-refractivity contribution is -0.121. The molecule has 0 aliphatic rings. The minimum atomic E-state index is -1.00. The predicted molar refractivity (Wildman–Crippen MR) is 70.8 cm³/mol. The summed E-state index contributed by atoms with van der Waals surface area (Å²) in [6, 6.07) is 2.99. The van der Waals surface area contributed by atoms with Crippen molar-refractivity contribution >= 4 is 11.9 Å². The highest BCUT2D eigenvalue weighted by Crippen LogP contribution is 2.02. The lowest BCUT2D eigenvalue weighted by Crippen LogP contribution is -2.33. The van der Waals surface area contributed by atoms with Crippen LogP contribution in [0.4, 0.5) is 0 Å². The zero-order valence-electron chi connectivity index (χ0n) is 11.1. The maximum absolute atomic E-state index is 11.6. The Labute approximate surface area is 112 Å². The van der Waals surface area contributed by atoms with Gasteiger partial charge in [-0.25, -0.2) is 4.79 Å². The molecule has 1 amide bonds. The van der Waals surface area contributed by atoms with E-state index < -0.39 is 5.97 Å². The molecule has 19 heavy (non-hydrogen) atoms. The van der Waals surface area contributed by atoms with E-state index in [1.807, 2.05) is 13.8 Å². The van der Waals surface area contributed by atoms with Crippen molar-refractivity contribution in [2.24, 2.45) is 0 Å². The number of pyridine rings is 1. The van der Waals surface area contributed by atoms with Gasteiger partial charge in [0.1, 0.15) is 0 Å². The van der Waals surface area contributed by atoms with Crippen molar-refractivity contribution in [3.63, 3.8) is 0 Å². The van der Waals surface area contributed by atoms with Crippen molar-refractivity contribution in [1.29, 1.82) is 0 Å². The van der Waals surface area contributed by atoms with Crippen LogP contribution in [-0.2, 0) is 11.3 Å². The standard InChI is InChI=1S/C13H19N3O3/c1-3-14-9(2)6-12(17)16-8-11-7-10(13(18)19)4-5-15-11/h4-5,7,9,14H,3,6,8H2,1-2H3,(H,16,17)(H,18,19). The summed E-state index contributed by atoms with van der Waals surface area (Å²) in [5.41, 5.74) is 0.699. The van der Waals surface area contributed by atoms with E-state index in [0.29, 0.717) is 12.1 Å². The molecule has 1 heterocycles. The molecule has 0 aliphatic heterocycles. The number of carbonyl (C=O) groups excluding carboxylic acids is 1. The van der Waals surface area contributed by atoms with Crippen LogP contribution in [0, 0.1) is 0 Å². The van der Waals surface area contributed by atoms with Gasteiger partial charge in [-0.05, 0) is 25.6 Å². The summed E-state index contributed by atoms with van der Waals surface area (Å²) in [7, 11) is 0. The fourth-order valence-corrected chi connectivity index (χ4v) is 1.67. The van der Waals surface area contributed by atoms with Crippen LogP contribution < -0.4 is 10.6 Å². The number of aromatic carboxylic acids is 1. The molecule has 1 rings (SSSR count). The molecule has 0 spiro atoms. The van der Waals surface area contributed by atoms with Crippen LogP contribution >= 0.6 is 0 Å². The number of rotatable bonds is 7. The molecule has 0 fully saturated rings. The smallest absolute Gasteiger partial charge is 0.335 e. The quantitative estimate of drug-likeness (QED) is 0.678. The molecule has 0 aliphatic carbocycles. The maximum atomic E-state index is 11.6. The molecule has 6 nitrogen and oxygen atoms in total. The van der Waals surface area contributed by atoms with Gasteiger partial charge in [-0.2, -0.15) is 0 Å². The molecular weight excluding hydrogens is 246 g/mol. The van der Waals surface area contributed by atoms with E-state index in [9.17, 15) is 9.59 Å².